The van der Waals surface area contributed by atoms with Crippen molar-refractivity contribution in [2.45, 2.75) is 20.8 Å². The van der Waals surface area contributed by atoms with Crippen LogP contribution in [0.1, 0.15) is 17.0 Å². The zero-order valence-electron chi connectivity index (χ0n) is 10.3. The third-order valence-electron chi connectivity index (χ3n) is 2.42. The first-order valence-corrected chi connectivity index (χ1v) is 7.00. The molecular weight excluding hydrogens is 360 g/mol. The van der Waals surface area contributed by atoms with Crippen LogP contribution in [0.5, 0.6) is 11.6 Å². The van der Waals surface area contributed by atoms with Gasteiger partial charge in [0.15, 0.2) is 0 Å². The number of halogens is 2. The van der Waals surface area contributed by atoms with Gasteiger partial charge in [0, 0.05) is 10.5 Å². The van der Waals surface area contributed by atoms with E-state index in [1.165, 1.54) is 0 Å². The first kappa shape index (κ1) is 13.5. The Labute approximate surface area is 123 Å². The molecule has 0 N–H and O–H groups in total. The highest BCUT2D eigenvalue weighted by Gasteiger charge is 2.06. The van der Waals surface area contributed by atoms with E-state index in [1.54, 1.807) is 6.07 Å². The highest BCUT2D eigenvalue weighted by Crippen LogP contribution is 2.29. The minimum atomic E-state index is 0.537. The first-order chi connectivity index (χ1) is 8.45. The number of aryl methyl sites for hydroxylation is 3. The fourth-order valence-corrected chi connectivity index (χ4v) is 2.32. The Morgan fingerprint density at radius 2 is 1.56 bits per heavy atom. The van der Waals surface area contributed by atoms with E-state index in [0.29, 0.717) is 11.7 Å². The third-order valence-corrected chi connectivity index (χ3v) is 4.07. The van der Waals surface area contributed by atoms with Crippen LogP contribution in [0.4, 0.5) is 0 Å². The number of nitrogens with zero attached hydrogens (tertiary/aromatic N) is 2. The Morgan fingerprint density at radius 3 is 2.11 bits per heavy atom. The zero-order valence-corrected chi connectivity index (χ0v) is 13.5. The molecule has 0 saturated heterocycles. The molecule has 0 unspecified atom stereocenters. The van der Waals surface area contributed by atoms with Gasteiger partial charge in [0.05, 0.1) is 0 Å². The van der Waals surface area contributed by atoms with Gasteiger partial charge < -0.3 is 4.74 Å². The molecule has 0 aliphatic rings. The van der Waals surface area contributed by atoms with E-state index in [9.17, 15) is 0 Å². The van der Waals surface area contributed by atoms with Crippen molar-refractivity contribution in [1.82, 2.24) is 9.97 Å². The summed E-state index contributed by atoms with van der Waals surface area (Å²) in [5.74, 6) is 1.98. The molecule has 0 spiro atoms. The predicted molar refractivity (Wildman–Crippen MR) is 78.2 cm³/mol. The van der Waals surface area contributed by atoms with Crippen LogP contribution in [0.15, 0.2) is 27.3 Å². The van der Waals surface area contributed by atoms with Gasteiger partial charge in [0.1, 0.15) is 16.2 Å². The topological polar surface area (TPSA) is 35.0 Å². The summed E-state index contributed by atoms with van der Waals surface area (Å²) in [6.45, 7) is 5.89. The predicted octanol–water partition coefficient (Wildman–Crippen LogP) is 4.72. The van der Waals surface area contributed by atoms with Crippen LogP contribution in [-0.4, -0.2) is 9.97 Å². The maximum atomic E-state index is 5.75. The van der Waals surface area contributed by atoms with Gasteiger partial charge in [-0.1, -0.05) is 15.9 Å². The van der Waals surface area contributed by atoms with E-state index in [2.05, 4.69) is 41.8 Å². The quantitative estimate of drug-likeness (QED) is 0.716. The minimum absolute atomic E-state index is 0.537. The number of rotatable bonds is 2. The fraction of sp³-hybridized carbons (Fsp3) is 0.231. The van der Waals surface area contributed by atoms with Gasteiger partial charge in [-0.3, -0.25) is 0 Å². The number of hydrogen-bond donors (Lipinski definition) is 0. The molecule has 0 amide bonds. The van der Waals surface area contributed by atoms with Crippen molar-refractivity contribution in [2.24, 2.45) is 0 Å². The Bertz CT molecular complexity index is 556. The van der Waals surface area contributed by atoms with Crippen molar-refractivity contribution < 1.29 is 4.74 Å². The van der Waals surface area contributed by atoms with Gasteiger partial charge >= 0.3 is 0 Å². The summed E-state index contributed by atoms with van der Waals surface area (Å²) in [4.78, 5) is 8.38. The van der Waals surface area contributed by atoms with Gasteiger partial charge in [-0.05, 0) is 60.0 Å². The van der Waals surface area contributed by atoms with E-state index in [0.717, 1.165) is 26.0 Å². The van der Waals surface area contributed by atoms with Gasteiger partial charge in [-0.2, -0.15) is 4.98 Å². The second-order valence-corrected chi connectivity index (χ2v) is 5.65. The standard InChI is InChI=1S/C13H12Br2N2O/c1-7-4-10(5-8(2)13(7)15)18-12-6-11(14)16-9(3)17-12/h4-6H,1-3H3. The van der Waals surface area contributed by atoms with E-state index >= 15 is 0 Å². The lowest BCUT2D eigenvalue weighted by Gasteiger charge is -2.09. The molecule has 2 rings (SSSR count). The van der Waals surface area contributed by atoms with Crippen LogP contribution in [0, 0.1) is 20.8 Å². The summed E-state index contributed by atoms with van der Waals surface area (Å²) < 4.78 is 7.58. The van der Waals surface area contributed by atoms with Crippen molar-refractivity contribution in [3.05, 3.63) is 44.2 Å². The molecule has 5 heteroatoms. The molecule has 0 bridgehead atoms. The number of ether oxygens (including phenoxy) is 1. The monoisotopic (exact) mass is 370 g/mol. The molecule has 0 aliphatic heterocycles. The molecule has 0 radical (unpaired) electrons. The second-order valence-electron chi connectivity index (χ2n) is 4.05. The molecule has 0 aliphatic carbocycles. The zero-order chi connectivity index (χ0) is 13.3. The van der Waals surface area contributed by atoms with Gasteiger partial charge in [-0.15, -0.1) is 0 Å². The van der Waals surface area contributed by atoms with Crippen LogP contribution in [-0.2, 0) is 0 Å². The Balaban J connectivity index is 2.34. The molecule has 2 aromatic rings. The van der Waals surface area contributed by atoms with Crippen molar-refractivity contribution in [2.75, 3.05) is 0 Å². The number of benzene rings is 1. The fourth-order valence-electron chi connectivity index (χ4n) is 1.64. The van der Waals surface area contributed by atoms with Crippen LogP contribution in [0.25, 0.3) is 0 Å². The highest BCUT2D eigenvalue weighted by molar-refractivity contribution is 9.10. The summed E-state index contributed by atoms with van der Waals surface area (Å²) >= 11 is 6.86. The lowest BCUT2D eigenvalue weighted by atomic mass is 10.1. The number of hydrogen-bond acceptors (Lipinski definition) is 3. The molecule has 0 atom stereocenters. The molecule has 0 fully saturated rings. The number of aromatic nitrogens is 2. The van der Waals surface area contributed by atoms with Crippen molar-refractivity contribution in [3.8, 4) is 11.6 Å². The van der Waals surface area contributed by atoms with Crippen molar-refractivity contribution in [3.63, 3.8) is 0 Å². The summed E-state index contributed by atoms with van der Waals surface area (Å²) in [6, 6.07) is 5.70. The lowest BCUT2D eigenvalue weighted by molar-refractivity contribution is 0.458. The van der Waals surface area contributed by atoms with E-state index in [-0.39, 0.29) is 0 Å². The van der Waals surface area contributed by atoms with Gasteiger partial charge in [-0.25, -0.2) is 4.98 Å². The molecule has 1 aromatic carbocycles. The molecule has 1 aromatic heterocycles. The smallest absolute Gasteiger partial charge is 0.223 e. The van der Waals surface area contributed by atoms with Crippen LogP contribution >= 0.6 is 31.9 Å². The molecule has 94 valence electrons. The Hall–Kier alpha value is -0.940. The maximum absolute atomic E-state index is 5.75. The first-order valence-electron chi connectivity index (χ1n) is 5.41. The van der Waals surface area contributed by atoms with E-state index < -0.39 is 0 Å². The van der Waals surface area contributed by atoms with E-state index in [1.807, 2.05) is 32.9 Å². The summed E-state index contributed by atoms with van der Waals surface area (Å²) in [5.41, 5.74) is 2.27. The lowest BCUT2D eigenvalue weighted by Crippen LogP contribution is -1.94. The van der Waals surface area contributed by atoms with Crippen molar-refractivity contribution in [1.29, 1.82) is 0 Å². The summed E-state index contributed by atoms with van der Waals surface area (Å²) in [5, 5.41) is 0. The molecule has 1 heterocycles. The minimum Gasteiger partial charge on any atom is -0.439 e. The van der Waals surface area contributed by atoms with Crippen molar-refractivity contribution >= 4 is 31.9 Å². The second kappa shape index (κ2) is 5.36. The van der Waals surface area contributed by atoms with Crippen LogP contribution in [0.2, 0.25) is 0 Å². The molecule has 0 saturated carbocycles. The van der Waals surface area contributed by atoms with E-state index in [4.69, 9.17) is 4.74 Å². The van der Waals surface area contributed by atoms with Gasteiger partial charge in [0.25, 0.3) is 0 Å². The average molecular weight is 372 g/mol. The Morgan fingerprint density at radius 1 is 0.944 bits per heavy atom. The largest absolute Gasteiger partial charge is 0.439 e. The molecular formula is C13H12Br2N2O. The summed E-state index contributed by atoms with van der Waals surface area (Å²) in [7, 11) is 0. The molecule has 18 heavy (non-hydrogen) atoms. The average Bonchev–Trinajstić information content (AvgIpc) is 2.24. The highest BCUT2D eigenvalue weighted by atomic mass is 79.9. The van der Waals surface area contributed by atoms with Crippen LogP contribution < -0.4 is 4.74 Å². The normalized spacial score (nSPS) is 10.5. The SMILES string of the molecule is Cc1nc(Br)cc(Oc2cc(C)c(Br)c(C)c2)n1. The van der Waals surface area contributed by atoms with Crippen LogP contribution in [0.3, 0.4) is 0 Å². The third kappa shape index (κ3) is 3.09. The van der Waals surface area contributed by atoms with Gasteiger partial charge in [0.2, 0.25) is 5.88 Å². The molecule has 3 nitrogen and oxygen atoms in total. The Kier molecular flexibility index (Phi) is 4.02. The maximum Gasteiger partial charge on any atom is 0.223 e. The summed E-state index contributed by atoms with van der Waals surface area (Å²) in [6.07, 6.45) is 0.